The van der Waals surface area contributed by atoms with E-state index in [1.807, 2.05) is 20.8 Å². The van der Waals surface area contributed by atoms with E-state index in [2.05, 4.69) is 4.98 Å². The molecule has 0 radical (unpaired) electrons. The highest BCUT2D eigenvalue weighted by Gasteiger charge is 2.44. The van der Waals surface area contributed by atoms with Gasteiger partial charge in [-0.05, 0) is 39.3 Å². The van der Waals surface area contributed by atoms with Crippen molar-refractivity contribution in [1.29, 1.82) is 0 Å². The van der Waals surface area contributed by atoms with Crippen molar-refractivity contribution in [2.45, 2.75) is 39.4 Å². The van der Waals surface area contributed by atoms with E-state index in [1.54, 1.807) is 26.2 Å². The van der Waals surface area contributed by atoms with Crippen LogP contribution in [0.15, 0.2) is 12.3 Å². The monoisotopic (exact) mass is 355 g/mol. The molecule has 2 atom stereocenters. The van der Waals surface area contributed by atoms with Crippen LogP contribution in [0, 0.1) is 6.92 Å². The zero-order valence-electron chi connectivity index (χ0n) is 14.8. The lowest BCUT2D eigenvalue weighted by molar-refractivity contribution is -0.850. The third-order valence-electron chi connectivity index (χ3n) is 3.96. The number of aromatic nitrogens is 1. The van der Waals surface area contributed by atoms with E-state index in [1.165, 1.54) is 0 Å². The number of aryl methyl sites for hydroxylation is 1. The quantitative estimate of drug-likeness (QED) is 0.463. The van der Waals surface area contributed by atoms with Crippen molar-refractivity contribution in [3.63, 3.8) is 0 Å². The number of morpholine rings is 1. The number of ketones is 1. The van der Waals surface area contributed by atoms with Crippen LogP contribution in [0.1, 0.15) is 36.7 Å². The molecule has 2 rings (SSSR count). The van der Waals surface area contributed by atoms with Gasteiger partial charge in [-0.15, -0.1) is 0 Å². The summed E-state index contributed by atoms with van der Waals surface area (Å²) in [6.07, 6.45) is 0.436. The maximum absolute atomic E-state index is 12.8. The fraction of sp³-hybridized carbons (Fsp3) is 0.588. The summed E-state index contributed by atoms with van der Waals surface area (Å²) in [5, 5.41) is 0.153. The summed E-state index contributed by atoms with van der Waals surface area (Å²) in [5.41, 5.74) is 0.502. The Morgan fingerprint density at radius 3 is 2.67 bits per heavy atom. The van der Waals surface area contributed by atoms with Gasteiger partial charge in [0.05, 0.1) is 19.2 Å². The molecule has 1 fully saturated rings. The molecule has 0 aromatic carbocycles. The zero-order chi connectivity index (χ0) is 18.1. The molecule has 1 saturated heterocycles. The number of nitrogens with zero attached hydrogens (tertiary/aromatic N) is 2. The molecule has 7 heteroatoms. The lowest BCUT2D eigenvalue weighted by Gasteiger charge is -2.38. The predicted molar refractivity (Wildman–Crippen MR) is 90.2 cm³/mol. The van der Waals surface area contributed by atoms with Crippen molar-refractivity contribution >= 4 is 23.5 Å². The number of pyridine rings is 1. The first-order chi connectivity index (χ1) is 11.0. The highest BCUT2D eigenvalue weighted by atomic mass is 35.5. The number of ether oxygens (including phenoxy) is 2. The van der Waals surface area contributed by atoms with Crippen LogP contribution < -0.4 is 0 Å². The molecule has 0 N–H and O–H groups in total. The van der Waals surface area contributed by atoms with E-state index in [9.17, 15) is 9.59 Å². The summed E-state index contributed by atoms with van der Waals surface area (Å²) in [4.78, 5) is 29.3. The van der Waals surface area contributed by atoms with Gasteiger partial charge in [0, 0.05) is 6.20 Å². The third kappa shape index (κ3) is 4.12. The summed E-state index contributed by atoms with van der Waals surface area (Å²) in [5.74, 6) is -0.252. The van der Waals surface area contributed by atoms with Gasteiger partial charge < -0.3 is 9.47 Å². The highest BCUT2D eigenvalue weighted by Crippen LogP contribution is 2.24. The number of halogens is 1. The first-order valence-electron chi connectivity index (χ1n) is 7.88. The summed E-state index contributed by atoms with van der Waals surface area (Å²) in [6.45, 7) is 8.21. The molecule has 0 spiro atoms. The smallest absolute Gasteiger partial charge is 0.414 e. The van der Waals surface area contributed by atoms with E-state index < -0.39 is 11.7 Å². The molecule has 1 amide bonds. The number of carbonyl (C=O) groups is 2. The van der Waals surface area contributed by atoms with Crippen molar-refractivity contribution in [3.8, 4) is 0 Å². The average molecular weight is 356 g/mol. The second-order valence-electron chi connectivity index (χ2n) is 7.30. The number of rotatable bonds is 2. The first-order valence-corrected chi connectivity index (χ1v) is 8.26. The molecule has 1 aliphatic heterocycles. The Bertz CT molecular complexity index is 636. The topological polar surface area (TPSA) is 65.5 Å². The molecule has 132 valence electrons. The predicted octanol–water partition coefficient (Wildman–Crippen LogP) is 3.01. The van der Waals surface area contributed by atoms with Crippen LogP contribution >= 0.6 is 11.6 Å². The van der Waals surface area contributed by atoms with E-state index >= 15 is 0 Å². The van der Waals surface area contributed by atoms with E-state index in [4.69, 9.17) is 21.1 Å². The minimum atomic E-state index is -0.753. The van der Waals surface area contributed by atoms with Crippen LogP contribution in [-0.2, 0) is 9.47 Å². The molecule has 0 bridgehead atoms. The molecular weight excluding hydrogens is 332 g/mol. The summed E-state index contributed by atoms with van der Waals surface area (Å²) < 4.78 is 11.1. The Balaban J connectivity index is 2.21. The molecule has 1 aromatic heterocycles. The number of quaternary nitrogens is 1. The fourth-order valence-electron chi connectivity index (χ4n) is 2.59. The van der Waals surface area contributed by atoms with Crippen LogP contribution in [0.5, 0.6) is 0 Å². The molecule has 1 aliphatic rings. The van der Waals surface area contributed by atoms with Crippen LogP contribution in [-0.4, -0.2) is 59.8 Å². The molecule has 1 unspecified atom stereocenters. The van der Waals surface area contributed by atoms with E-state index in [0.29, 0.717) is 18.7 Å². The van der Waals surface area contributed by atoms with Crippen LogP contribution in [0.25, 0.3) is 0 Å². The fourth-order valence-corrected chi connectivity index (χ4v) is 2.88. The van der Waals surface area contributed by atoms with Crippen molar-refractivity contribution in [1.82, 2.24) is 4.98 Å². The Morgan fingerprint density at radius 2 is 2.08 bits per heavy atom. The SMILES string of the molecule is Cc1ccnc(Cl)c1C(=O)[C@@H]1C[N+](C)(C(=O)OC(C)(C)C)CCO1. The van der Waals surface area contributed by atoms with Gasteiger partial charge in [0.15, 0.2) is 6.10 Å². The van der Waals surface area contributed by atoms with E-state index in [-0.39, 0.29) is 28.1 Å². The zero-order valence-corrected chi connectivity index (χ0v) is 15.5. The Morgan fingerprint density at radius 1 is 1.42 bits per heavy atom. The maximum atomic E-state index is 12.8. The maximum Gasteiger partial charge on any atom is 0.516 e. The van der Waals surface area contributed by atoms with Crippen LogP contribution in [0.2, 0.25) is 5.15 Å². The van der Waals surface area contributed by atoms with Gasteiger partial charge in [0.1, 0.15) is 23.8 Å². The minimum absolute atomic E-state index is 0.00932. The molecule has 1 aromatic rings. The van der Waals surface area contributed by atoms with E-state index in [0.717, 1.165) is 5.56 Å². The average Bonchev–Trinajstić information content (AvgIpc) is 2.45. The lowest BCUT2D eigenvalue weighted by atomic mass is 10.0. The molecule has 24 heavy (non-hydrogen) atoms. The molecule has 0 aliphatic carbocycles. The minimum Gasteiger partial charge on any atom is -0.414 e. The first kappa shape index (κ1) is 18.8. The molecule has 2 heterocycles. The molecular formula is C17H24ClN2O4+. The lowest BCUT2D eigenvalue weighted by Crippen LogP contribution is -2.61. The standard InChI is InChI=1S/C17H24ClN2O4/c1-11-6-7-19-15(18)13(11)14(21)12-10-20(5,8-9-23-12)16(22)24-17(2,3)4/h6-7,12H,8-10H2,1-5H3/q+1/t12-,20?/m0/s1. The third-order valence-corrected chi connectivity index (χ3v) is 4.25. The van der Waals surface area contributed by atoms with Gasteiger partial charge >= 0.3 is 6.09 Å². The van der Waals surface area contributed by atoms with Gasteiger partial charge in [0.2, 0.25) is 5.78 Å². The number of carbonyl (C=O) groups excluding carboxylic acids is 2. The largest absolute Gasteiger partial charge is 0.516 e. The van der Waals surface area contributed by atoms with Crippen molar-refractivity contribution in [2.75, 3.05) is 26.7 Å². The van der Waals surface area contributed by atoms with Gasteiger partial charge in [-0.1, -0.05) is 11.6 Å². The van der Waals surface area contributed by atoms with Crippen molar-refractivity contribution in [3.05, 3.63) is 28.5 Å². The second kappa shape index (κ2) is 6.78. The van der Waals surface area contributed by atoms with Gasteiger partial charge in [-0.3, -0.25) is 4.79 Å². The van der Waals surface area contributed by atoms with Crippen LogP contribution in [0.4, 0.5) is 4.79 Å². The normalized spacial score (nSPS) is 24.5. The Hall–Kier alpha value is -1.50. The Kier molecular flexibility index (Phi) is 5.32. The van der Waals surface area contributed by atoms with Crippen molar-refractivity contribution in [2.24, 2.45) is 0 Å². The van der Waals surface area contributed by atoms with Crippen molar-refractivity contribution < 1.29 is 23.5 Å². The summed E-state index contributed by atoms with van der Waals surface area (Å²) >= 11 is 6.08. The molecule has 6 nitrogen and oxygen atoms in total. The number of hydrogen-bond acceptors (Lipinski definition) is 5. The number of likely N-dealkylation sites (N-methyl/N-ethyl adjacent to an activating group) is 1. The second-order valence-corrected chi connectivity index (χ2v) is 7.66. The summed E-state index contributed by atoms with van der Waals surface area (Å²) in [7, 11) is 1.76. The van der Waals surface area contributed by atoms with Gasteiger partial charge in [-0.25, -0.2) is 9.47 Å². The number of Topliss-reactive ketones (excluding diaryl/α,β-unsaturated/α-hetero) is 1. The molecule has 0 saturated carbocycles. The van der Waals surface area contributed by atoms with Gasteiger partial charge in [0.25, 0.3) is 0 Å². The number of hydrogen-bond donors (Lipinski definition) is 0. The number of amides is 1. The Labute approximate surface area is 147 Å². The van der Waals surface area contributed by atoms with Crippen LogP contribution in [0.3, 0.4) is 0 Å². The summed E-state index contributed by atoms with van der Waals surface area (Å²) in [6, 6.07) is 1.73. The van der Waals surface area contributed by atoms with Gasteiger partial charge in [-0.2, -0.15) is 4.79 Å². The highest BCUT2D eigenvalue weighted by molar-refractivity contribution is 6.33.